The van der Waals surface area contributed by atoms with Crippen LogP contribution in [0.1, 0.15) is 130 Å². The Labute approximate surface area is 260 Å². The van der Waals surface area contributed by atoms with E-state index >= 15 is 0 Å². The molecule has 2 unspecified atom stereocenters. The first kappa shape index (κ1) is 38.2. The molecule has 2 atom stereocenters. The van der Waals surface area contributed by atoms with Crippen molar-refractivity contribution in [1.29, 1.82) is 0 Å². The van der Waals surface area contributed by atoms with Gasteiger partial charge in [-0.2, -0.15) is 0 Å². The maximum absolute atomic E-state index is 12.1. The van der Waals surface area contributed by atoms with E-state index in [4.69, 9.17) is 0 Å². The van der Waals surface area contributed by atoms with Gasteiger partial charge in [0.1, 0.15) is 6.04 Å². The lowest BCUT2D eigenvalue weighted by atomic mass is 9.86. The van der Waals surface area contributed by atoms with Gasteiger partial charge in [0.05, 0.1) is 6.04 Å². The number of hydrogen-bond donors (Lipinski definition) is 3. The molecule has 10 nitrogen and oxygen atoms in total. The van der Waals surface area contributed by atoms with Crippen LogP contribution in [0.2, 0.25) is 0 Å². The number of imide groups is 1. The third kappa shape index (κ3) is 10.1. The summed E-state index contributed by atoms with van der Waals surface area (Å²) in [5.41, 5.74) is 0.153. The molecule has 2 saturated heterocycles. The summed E-state index contributed by atoms with van der Waals surface area (Å²) in [4.78, 5) is 53.2. The molecule has 2 fully saturated rings. The van der Waals surface area contributed by atoms with E-state index < -0.39 is 11.6 Å². The molecule has 3 heterocycles. The Morgan fingerprint density at radius 3 is 1.33 bits per heavy atom. The van der Waals surface area contributed by atoms with Gasteiger partial charge in [0.15, 0.2) is 0 Å². The lowest BCUT2D eigenvalue weighted by molar-refractivity contribution is -0.132. The molecule has 3 rings (SSSR count). The van der Waals surface area contributed by atoms with Gasteiger partial charge in [-0.05, 0) is 73.1 Å². The first-order valence-corrected chi connectivity index (χ1v) is 15.3. The van der Waals surface area contributed by atoms with E-state index in [1.54, 1.807) is 4.57 Å². The lowest BCUT2D eigenvalue weighted by Gasteiger charge is -2.32. The van der Waals surface area contributed by atoms with Crippen molar-refractivity contribution in [3.8, 4) is 0 Å². The highest BCUT2D eigenvalue weighted by Gasteiger charge is 2.48. The summed E-state index contributed by atoms with van der Waals surface area (Å²) >= 11 is 0. The Hall–Kier alpha value is -2.78. The summed E-state index contributed by atoms with van der Waals surface area (Å²) in [5.74, 6) is -0.125. The Morgan fingerprint density at radius 2 is 1.12 bits per heavy atom. The summed E-state index contributed by atoms with van der Waals surface area (Å²) in [5, 5.41) is 5.78. The first-order valence-electron chi connectivity index (χ1n) is 15.3. The average molecular weight is 607 g/mol. The topological polar surface area (TPSA) is 120 Å². The maximum Gasteiger partial charge on any atom is 0.326 e. The van der Waals surface area contributed by atoms with Gasteiger partial charge in [0, 0.05) is 40.5 Å². The monoisotopic (exact) mass is 606 g/mol. The average Bonchev–Trinajstić information content (AvgIpc) is 3.41. The Bertz CT molecular complexity index is 1200. The quantitative estimate of drug-likeness (QED) is 0.304. The minimum Gasteiger partial charge on any atom is -0.333 e. The SMILES string of the molecule is CC(C)(C)C1CN(C(C)(C)C)C(=O)N1.CC(C)(C)C1NC(=O)N(C(C)(C)C)C1=O.CC(C)(C)c1cn(C(C)(C)C)c(=O)[nH]1. The van der Waals surface area contributed by atoms with Crippen molar-refractivity contribution in [3.05, 3.63) is 22.4 Å². The Balaban J connectivity index is 0.000000323. The number of urea groups is 2. The van der Waals surface area contributed by atoms with Crippen molar-refractivity contribution >= 4 is 18.0 Å². The number of amides is 5. The molecule has 0 saturated carbocycles. The van der Waals surface area contributed by atoms with Crippen LogP contribution in [0.3, 0.4) is 0 Å². The number of carbonyl (C=O) groups is 3. The number of hydrogen-bond acceptors (Lipinski definition) is 4. The second-order valence-electron chi connectivity index (χ2n) is 18.0. The van der Waals surface area contributed by atoms with Crippen molar-refractivity contribution in [1.82, 2.24) is 30.0 Å². The van der Waals surface area contributed by atoms with Gasteiger partial charge in [0.25, 0.3) is 5.91 Å². The zero-order valence-electron chi connectivity index (χ0n) is 30.4. The van der Waals surface area contributed by atoms with Crippen molar-refractivity contribution < 1.29 is 14.4 Å². The number of rotatable bonds is 0. The second-order valence-corrected chi connectivity index (χ2v) is 18.0. The number of carbonyl (C=O) groups excluding carboxylic acids is 3. The first-order chi connectivity index (χ1) is 18.8. The second kappa shape index (κ2) is 12.3. The third-order valence-electron chi connectivity index (χ3n) is 7.49. The molecule has 0 radical (unpaired) electrons. The molecule has 0 aromatic carbocycles. The van der Waals surface area contributed by atoms with Crippen molar-refractivity contribution in [3.63, 3.8) is 0 Å². The molecule has 0 aliphatic carbocycles. The van der Waals surface area contributed by atoms with Crippen molar-refractivity contribution in [2.45, 2.75) is 159 Å². The fourth-order valence-electron chi connectivity index (χ4n) is 4.58. The lowest BCUT2D eigenvalue weighted by Crippen LogP contribution is -2.47. The summed E-state index contributed by atoms with van der Waals surface area (Å²) in [6.07, 6.45) is 1.92. The van der Waals surface area contributed by atoms with E-state index in [-0.39, 0.29) is 57.0 Å². The van der Waals surface area contributed by atoms with Gasteiger partial charge in [-0.3, -0.25) is 14.3 Å². The molecule has 248 valence electrons. The summed E-state index contributed by atoms with van der Waals surface area (Å²) in [6.45, 7) is 37.2. The minimum absolute atomic E-state index is 0.00431. The fraction of sp³-hybridized carbons (Fsp3) is 0.818. The molecule has 1 aromatic heterocycles. The summed E-state index contributed by atoms with van der Waals surface area (Å²) < 4.78 is 1.74. The summed E-state index contributed by atoms with van der Waals surface area (Å²) in [6, 6.07) is -0.372. The van der Waals surface area contributed by atoms with Crippen LogP contribution in [0.5, 0.6) is 0 Å². The molecule has 10 heteroatoms. The predicted octanol–water partition coefficient (Wildman–Crippen LogP) is 6.21. The number of imidazole rings is 1. The van der Waals surface area contributed by atoms with Crippen LogP contribution in [0.4, 0.5) is 9.59 Å². The van der Waals surface area contributed by atoms with E-state index in [9.17, 15) is 19.2 Å². The Kier molecular flexibility index (Phi) is 10.9. The van der Waals surface area contributed by atoms with Crippen molar-refractivity contribution in [2.75, 3.05) is 6.54 Å². The number of nitrogens with one attached hydrogen (secondary N) is 3. The van der Waals surface area contributed by atoms with Crippen LogP contribution in [0.15, 0.2) is 11.0 Å². The number of H-pyrrole nitrogens is 1. The summed E-state index contributed by atoms with van der Waals surface area (Å²) in [7, 11) is 0. The van der Waals surface area contributed by atoms with E-state index in [1.807, 2.05) is 73.4 Å². The zero-order valence-corrected chi connectivity index (χ0v) is 30.4. The van der Waals surface area contributed by atoms with Crippen LogP contribution < -0.4 is 16.3 Å². The van der Waals surface area contributed by atoms with E-state index in [2.05, 4.69) is 77.9 Å². The normalized spacial score (nSPS) is 20.3. The zero-order chi connectivity index (χ0) is 34.3. The van der Waals surface area contributed by atoms with Gasteiger partial charge in [0.2, 0.25) is 0 Å². The van der Waals surface area contributed by atoms with Gasteiger partial charge >= 0.3 is 17.8 Å². The highest BCUT2D eigenvalue weighted by atomic mass is 16.2. The van der Waals surface area contributed by atoms with Crippen LogP contribution in [0.25, 0.3) is 0 Å². The van der Waals surface area contributed by atoms with E-state index in [0.29, 0.717) is 0 Å². The molecular weight excluding hydrogens is 544 g/mol. The molecule has 2 aliphatic heterocycles. The van der Waals surface area contributed by atoms with Gasteiger partial charge in [-0.1, -0.05) is 62.3 Å². The number of aromatic amines is 1. The number of aromatic nitrogens is 2. The van der Waals surface area contributed by atoms with Crippen LogP contribution >= 0.6 is 0 Å². The van der Waals surface area contributed by atoms with Crippen LogP contribution in [-0.2, 0) is 15.7 Å². The van der Waals surface area contributed by atoms with E-state index in [1.165, 1.54) is 4.90 Å². The predicted molar refractivity (Wildman–Crippen MR) is 175 cm³/mol. The Morgan fingerprint density at radius 1 is 0.628 bits per heavy atom. The van der Waals surface area contributed by atoms with E-state index in [0.717, 1.165) is 12.2 Å². The van der Waals surface area contributed by atoms with Gasteiger partial charge in [-0.15, -0.1) is 0 Å². The molecule has 1 aromatic rings. The third-order valence-corrected chi connectivity index (χ3v) is 7.49. The smallest absolute Gasteiger partial charge is 0.326 e. The molecular formula is C33H62N6O4. The highest BCUT2D eigenvalue weighted by Crippen LogP contribution is 2.29. The largest absolute Gasteiger partial charge is 0.333 e. The molecule has 3 N–H and O–H groups in total. The highest BCUT2D eigenvalue weighted by molar-refractivity contribution is 6.05. The van der Waals surface area contributed by atoms with Crippen LogP contribution in [-0.4, -0.2) is 67.0 Å². The minimum atomic E-state index is -0.457. The molecule has 43 heavy (non-hydrogen) atoms. The van der Waals surface area contributed by atoms with Gasteiger partial charge < -0.3 is 20.5 Å². The van der Waals surface area contributed by atoms with Gasteiger partial charge in [-0.25, -0.2) is 14.4 Å². The molecule has 0 spiro atoms. The van der Waals surface area contributed by atoms with Crippen LogP contribution in [0, 0.1) is 10.8 Å². The molecule has 0 bridgehead atoms. The maximum atomic E-state index is 12.1. The number of nitrogens with zero attached hydrogens (tertiary/aromatic N) is 3. The molecule has 2 aliphatic rings. The fourth-order valence-corrected chi connectivity index (χ4v) is 4.58. The van der Waals surface area contributed by atoms with Crippen molar-refractivity contribution in [2.24, 2.45) is 10.8 Å². The molecule has 5 amide bonds. The standard InChI is InChI=1S/C11H20N2O2.C11H22N2O.C11H20N2O/c1-10(2,3)7-8(14)13(9(15)12-7)11(4,5)6;2*1-10(2,3)8-7-13(9(14)12-8)11(4,5)6/h7H,1-6H3,(H,12,15);8H,7H2,1-6H3,(H,12,14);7H,1-6H3,(H,12,14).